The highest BCUT2D eigenvalue weighted by atomic mass is 16.5. The van der Waals surface area contributed by atoms with E-state index in [1.54, 1.807) is 22.6 Å². The summed E-state index contributed by atoms with van der Waals surface area (Å²) in [4.78, 5) is 32.3. The van der Waals surface area contributed by atoms with Crippen LogP contribution in [0.5, 0.6) is 0 Å². The Morgan fingerprint density at radius 2 is 2.00 bits per heavy atom. The van der Waals surface area contributed by atoms with Gasteiger partial charge in [-0.25, -0.2) is 4.98 Å². The zero-order valence-corrected chi connectivity index (χ0v) is 16.4. The number of benzene rings is 1. The third-order valence-electron chi connectivity index (χ3n) is 5.12. The maximum atomic E-state index is 13.4. The first-order valence-corrected chi connectivity index (χ1v) is 9.84. The molecule has 7 heteroatoms. The molecule has 0 atom stereocenters. The first-order chi connectivity index (χ1) is 14.2. The van der Waals surface area contributed by atoms with Crippen LogP contribution in [0.15, 0.2) is 48.7 Å². The van der Waals surface area contributed by atoms with Crippen LogP contribution in [-0.2, 0) is 11.2 Å². The normalized spacial score (nSPS) is 13.3. The number of imidazole rings is 1. The second-order valence-corrected chi connectivity index (χ2v) is 7.03. The van der Waals surface area contributed by atoms with Gasteiger partial charge in [-0.2, -0.15) is 0 Å². The molecule has 0 spiro atoms. The molecule has 1 aliphatic heterocycles. The van der Waals surface area contributed by atoms with Crippen LogP contribution in [0.4, 0.5) is 5.69 Å². The molecule has 0 saturated heterocycles. The lowest BCUT2D eigenvalue weighted by atomic mass is 10.0. The summed E-state index contributed by atoms with van der Waals surface area (Å²) in [5, 5.41) is 2.85. The van der Waals surface area contributed by atoms with Crippen molar-refractivity contribution in [2.24, 2.45) is 0 Å². The number of nitrogens with one attached hydrogen (secondary N) is 1. The van der Waals surface area contributed by atoms with Crippen molar-refractivity contribution >= 4 is 23.0 Å². The van der Waals surface area contributed by atoms with Gasteiger partial charge in [-0.05, 0) is 43.0 Å². The molecule has 1 aliphatic rings. The van der Waals surface area contributed by atoms with Gasteiger partial charge in [0.15, 0.2) is 5.69 Å². The van der Waals surface area contributed by atoms with Gasteiger partial charge < -0.3 is 15.0 Å². The fraction of sp³-hybridized carbons (Fsp3) is 0.318. The van der Waals surface area contributed by atoms with Crippen LogP contribution in [0.3, 0.4) is 0 Å². The molecular weight excluding hydrogens is 368 g/mol. The number of aromatic nitrogens is 2. The van der Waals surface area contributed by atoms with Crippen molar-refractivity contribution < 1.29 is 14.3 Å². The number of nitrogens with zero attached hydrogens (tertiary/aromatic N) is 3. The summed E-state index contributed by atoms with van der Waals surface area (Å²) < 4.78 is 6.68. The highest BCUT2D eigenvalue weighted by Crippen LogP contribution is 2.29. The topological polar surface area (TPSA) is 75.9 Å². The summed E-state index contributed by atoms with van der Waals surface area (Å²) in [5.41, 5.74) is 3.00. The zero-order chi connectivity index (χ0) is 20.2. The number of anilines is 1. The van der Waals surface area contributed by atoms with Crippen LogP contribution >= 0.6 is 0 Å². The van der Waals surface area contributed by atoms with E-state index in [1.807, 2.05) is 36.4 Å². The number of ether oxygens (including phenoxy) is 1. The fourth-order valence-corrected chi connectivity index (χ4v) is 3.73. The van der Waals surface area contributed by atoms with E-state index in [9.17, 15) is 9.59 Å². The van der Waals surface area contributed by atoms with Crippen molar-refractivity contribution in [2.75, 3.05) is 31.7 Å². The van der Waals surface area contributed by atoms with Gasteiger partial charge in [-0.15, -0.1) is 0 Å². The summed E-state index contributed by atoms with van der Waals surface area (Å²) >= 11 is 0. The number of hydrogen-bond donors (Lipinski definition) is 1. The molecule has 4 rings (SSSR count). The largest absolute Gasteiger partial charge is 0.385 e. The number of pyridine rings is 1. The Labute approximate surface area is 169 Å². The lowest BCUT2D eigenvalue weighted by Gasteiger charge is -2.28. The van der Waals surface area contributed by atoms with Crippen LogP contribution in [0, 0.1) is 0 Å². The average Bonchev–Trinajstić information content (AvgIpc) is 3.15. The van der Waals surface area contributed by atoms with Crippen molar-refractivity contribution in [3.8, 4) is 0 Å². The Hall–Kier alpha value is -3.19. The van der Waals surface area contributed by atoms with E-state index in [-0.39, 0.29) is 17.6 Å². The second kappa shape index (κ2) is 8.45. The Morgan fingerprint density at radius 1 is 1.17 bits per heavy atom. The van der Waals surface area contributed by atoms with Crippen LogP contribution in [0.25, 0.3) is 5.52 Å². The number of carbonyl (C=O) groups is 2. The summed E-state index contributed by atoms with van der Waals surface area (Å²) in [7, 11) is 1.63. The monoisotopic (exact) mass is 392 g/mol. The minimum absolute atomic E-state index is 0.181. The van der Waals surface area contributed by atoms with Crippen molar-refractivity contribution in [3.05, 3.63) is 65.7 Å². The van der Waals surface area contributed by atoms with E-state index in [0.29, 0.717) is 37.3 Å². The minimum Gasteiger partial charge on any atom is -0.385 e. The molecule has 2 amide bonds. The van der Waals surface area contributed by atoms with Gasteiger partial charge in [0.1, 0.15) is 0 Å². The molecule has 0 unspecified atom stereocenters. The molecular formula is C22H24N4O3. The van der Waals surface area contributed by atoms with Crippen molar-refractivity contribution in [1.29, 1.82) is 0 Å². The first-order valence-electron chi connectivity index (χ1n) is 9.84. The van der Waals surface area contributed by atoms with E-state index in [4.69, 9.17) is 4.74 Å². The third-order valence-corrected chi connectivity index (χ3v) is 5.12. The number of hydrogen-bond acceptors (Lipinski definition) is 4. The molecule has 0 saturated carbocycles. The van der Waals surface area contributed by atoms with E-state index in [2.05, 4.69) is 16.4 Å². The number of carbonyl (C=O) groups excluding carboxylic acids is 2. The Bertz CT molecular complexity index is 1040. The zero-order valence-electron chi connectivity index (χ0n) is 16.4. The van der Waals surface area contributed by atoms with Gasteiger partial charge >= 0.3 is 0 Å². The van der Waals surface area contributed by atoms with Crippen LogP contribution in [0.2, 0.25) is 0 Å². The van der Waals surface area contributed by atoms with E-state index in [0.717, 1.165) is 24.1 Å². The standard InChI is InChI=1S/C22H24N4O3/c1-29-15-7-12-23-21(27)20-24-19(18-11-4-5-13-25(18)20)22(28)26-14-6-9-16-8-2-3-10-17(16)26/h2-5,8,10-11,13H,6-7,9,12,14-15H2,1H3,(H,23,27). The number of methoxy groups -OCH3 is 1. The van der Waals surface area contributed by atoms with Gasteiger partial charge in [0.25, 0.3) is 11.8 Å². The molecule has 1 N–H and O–H groups in total. The molecule has 0 fully saturated rings. The summed E-state index contributed by atoms with van der Waals surface area (Å²) in [5.74, 6) is -0.272. The van der Waals surface area contributed by atoms with Crippen molar-refractivity contribution in [3.63, 3.8) is 0 Å². The third kappa shape index (κ3) is 3.73. The Kier molecular flexibility index (Phi) is 5.57. The number of fused-ring (bicyclic) bond motifs is 2. The molecule has 2 aromatic heterocycles. The predicted molar refractivity (Wildman–Crippen MR) is 110 cm³/mol. The molecule has 0 aliphatic carbocycles. The number of rotatable bonds is 6. The molecule has 1 aromatic carbocycles. The van der Waals surface area contributed by atoms with E-state index >= 15 is 0 Å². The Balaban J connectivity index is 1.66. The van der Waals surface area contributed by atoms with Crippen LogP contribution < -0.4 is 10.2 Å². The minimum atomic E-state index is -0.305. The Morgan fingerprint density at radius 3 is 2.86 bits per heavy atom. The second-order valence-electron chi connectivity index (χ2n) is 7.03. The number of aryl methyl sites for hydroxylation is 1. The molecule has 0 bridgehead atoms. The molecule has 3 aromatic rings. The van der Waals surface area contributed by atoms with Gasteiger partial charge in [-0.3, -0.25) is 14.0 Å². The molecule has 3 heterocycles. The summed E-state index contributed by atoms with van der Waals surface area (Å²) in [6, 6.07) is 13.4. The average molecular weight is 392 g/mol. The maximum Gasteiger partial charge on any atom is 0.287 e. The number of para-hydroxylation sites is 1. The van der Waals surface area contributed by atoms with Gasteiger partial charge in [0.2, 0.25) is 5.82 Å². The molecule has 150 valence electrons. The van der Waals surface area contributed by atoms with Crippen LogP contribution in [-0.4, -0.2) is 48.0 Å². The molecule has 29 heavy (non-hydrogen) atoms. The molecule has 0 radical (unpaired) electrons. The van der Waals surface area contributed by atoms with Gasteiger partial charge in [0, 0.05) is 38.7 Å². The first kappa shape index (κ1) is 19.1. The SMILES string of the molecule is COCCCNC(=O)c1nc(C(=O)N2CCCc3ccccc32)c2ccccn12. The summed E-state index contributed by atoms with van der Waals surface area (Å²) in [6.07, 6.45) is 4.33. The molecule has 7 nitrogen and oxygen atoms in total. The van der Waals surface area contributed by atoms with Gasteiger partial charge in [-0.1, -0.05) is 24.3 Å². The van der Waals surface area contributed by atoms with Crippen molar-refractivity contribution in [2.45, 2.75) is 19.3 Å². The van der Waals surface area contributed by atoms with Gasteiger partial charge in [0.05, 0.1) is 5.52 Å². The highest BCUT2D eigenvalue weighted by molar-refractivity contribution is 6.10. The fourth-order valence-electron chi connectivity index (χ4n) is 3.73. The van der Waals surface area contributed by atoms with Crippen LogP contribution in [0.1, 0.15) is 39.5 Å². The van der Waals surface area contributed by atoms with E-state index < -0.39 is 0 Å². The quantitative estimate of drug-likeness (QED) is 0.655. The van der Waals surface area contributed by atoms with E-state index in [1.165, 1.54) is 0 Å². The lowest BCUT2D eigenvalue weighted by Crippen LogP contribution is -2.35. The highest BCUT2D eigenvalue weighted by Gasteiger charge is 2.28. The lowest BCUT2D eigenvalue weighted by molar-refractivity contribution is 0.0937. The maximum absolute atomic E-state index is 13.4. The van der Waals surface area contributed by atoms with Crippen molar-refractivity contribution in [1.82, 2.24) is 14.7 Å². The summed E-state index contributed by atoms with van der Waals surface area (Å²) in [6.45, 7) is 1.69. The smallest absolute Gasteiger partial charge is 0.287 e. The number of amides is 2. The predicted octanol–water partition coefficient (Wildman–Crippen LogP) is 2.69.